The molecule has 0 amide bonds. The summed E-state index contributed by atoms with van der Waals surface area (Å²) < 4.78 is 1.75. The summed E-state index contributed by atoms with van der Waals surface area (Å²) in [5.41, 5.74) is 1.10. The van der Waals surface area contributed by atoms with Gasteiger partial charge in [0.1, 0.15) is 0 Å². The highest BCUT2D eigenvalue weighted by Gasteiger charge is 2.01. The minimum absolute atomic E-state index is 0.175. The van der Waals surface area contributed by atoms with Crippen molar-refractivity contribution in [3.63, 3.8) is 0 Å². The Morgan fingerprint density at radius 3 is 2.90 bits per heavy atom. The standard InChI is InChI=1S/C8H10N2/c1-4-7(2)8-5-9-10(3)6-8/h1,5-7H,2-3H3. The summed E-state index contributed by atoms with van der Waals surface area (Å²) in [4.78, 5) is 0. The fourth-order valence-electron chi connectivity index (χ4n) is 0.760. The van der Waals surface area contributed by atoms with Crippen molar-refractivity contribution in [2.24, 2.45) is 7.05 Å². The van der Waals surface area contributed by atoms with Crippen molar-refractivity contribution >= 4 is 0 Å². The van der Waals surface area contributed by atoms with E-state index in [4.69, 9.17) is 6.42 Å². The van der Waals surface area contributed by atoms with Crippen LogP contribution in [0.15, 0.2) is 12.4 Å². The zero-order chi connectivity index (χ0) is 7.56. The maximum atomic E-state index is 5.23. The summed E-state index contributed by atoms with van der Waals surface area (Å²) in [6.45, 7) is 1.98. The van der Waals surface area contributed by atoms with Gasteiger partial charge in [0.15, 0.2) is 0 Å². The molecule has 0 radical (unpaired) electrons. The van der Waals surface area contributed by atoms with E-state index < -0.39 is 0 Å². The lowest BCUT2D eigenvalue weighted by Gasteiger charge is -1.95. The number of aromatic nitrogens is 2. The minimum Gasteiger partial charge on any atom is -0.275 e. The van der Waals surface area contributed by atoms with E-state index in [1.165, 1.54) is 0 Å². The molecule has 0 aliphatic heterocycles. The molecule has 1 aromatic rings. The Hall–Kier alpha value is -1.23. The fourth-order valence-corrected chi connectivity index (χ4v) is 0.760. The van der Waals surface area contributed by atoms with Gasteiger partial charge in [0, 0.05) is 24.7 Å². The lowest BCUT2D eigenvalue weighted by atomic mass is 10.1. The van der Waals surface area contributed by atoms with E-state index in [0.29, 0.717) is 0 Å². The molecule has 0 saturated heterocycles. The highest BCUT2D eigenvalue weighted by molar-refractivity contribution is 5.19. The zero-order valence-electron chi connectivity index (χ0n) is 6.20. The number of hydrogen-bond acceptors (Lipinski definition) is 1. The maximum Gasteiger partial charge on any atom is 0.0534 e. The molecule has 10 heavy (non-hydrogen) atoms. The van der Waals surface area contributed by atoms with Crippen LogP contribution < -0.4 is 0 Å². The molecule has 0 N–H and O–H groups in total. The number of aryl methyl sites for hydroxylation is 1. The van der Waals surface area contributed by atoms with Gasteiger partial charge in [0.25, 0.3) is 0 Å². The van der Waals surface area contributed by atoms with Gasteiger partial charge in [-0.05, 0) is 6.92 Å². The Balaban J connectivity index is 2.87. The first-order valence-corrected chi connectivity index (χ1v) is 3.18. The molecule has 0 bridgehead atoms. The topological polar surface area (TPSA) is 17.8 Å². The summed E-state index contributed by atoms with van der Waals surface area (Å²) in [5.74, 6) is 2.82. The van der Waals surface area contributed by atoms with E-state index in [2.05, 4.69) is 11.0 Å². The van der Waals surface area contributed by atoms with Crippen molar-refractivity contribution < 1.29 is 0 Å². The predicted octanol–water partition coefficient (Wildman–Crippen LogP) is 1.16. The normalized spacial score (nSPS) is 12.5. The number of hydrogen-bond donors (Lipinski definition) is 0. The van der Waals surface area contributed by atoms with Gasteiger partial charge >= 0.3 is 0 Å². The molecular formula is C8H10N2. The second-order valence-electron chi connectivity index (χ2n) is 2.34. The molecular weight excluding hydrogens is 124 g/mol. The first-order chi connectivity index (χ1) is 4.74. The van der Waals surface area contributed by atoms with Crippen LogP contribution in [0.3, 0.4) is 0 Å². The van der Waals surface area contributed by atoms with Gasteiger partial charge < -0.3 is 0 Å². The molecule has 1 rings (SSSR count). The average Bonchev–Trinajstić information content (AvgIpc) is 2.34. The second kappa shape index (κ2) is 2.57. The van der Waals surface area contributed by atoms with Gasteiger partial charge in [-0.1, -0.05) is 5.92 Å². The van der Waals surface area contributed by atoms with Crippen molar-refractivity contribution in [1.82, 2.24) is 9.78 Å². The van der Waals surface area contributed by atoms with E-state index in [1.807, 2.05) is 20.2 Å². The summed E-state index contributed by atoms with van der Waals surface area (Å²) in [7, 11) is 1.88. The molecule has 0 fully saturated rings. The SMILES string of the molecule is C#CC(C)c1cnn(C)c1. The number of terminal acetylenes is 1. The van der Waals surface area contributed by atoms with Crippen LogP contribution in [-0.2, 0) is 7.05 Å². The molecule has 0 aliphatic carbocycles. The van der Waals surface area contributed by atoms with Crippen LogP contribution in [0.5, 0.6) is 0 Å². The largest absolute Gasteiger partial charge is 0.275 e. The smallest absolute Gasteiger partial charge is 0.0534 e. The molecule has 1 aromatic heterocycles. The quantitative estimate of drug-likeness (QED) is 0.527. The molecule has 2 nitrogen and oxygen atoms in total. The summed E-state index contributed by atoms with van der Waals surface area (Å²) in [6, 6.07) is 0. The third kappa shape index (κ3) is 1.19. The lowest BCUT2D eigenvalue weighted by Crippen LogP contribution is -1.87. The third-order valence-corrected chi connectivity index (χ3v) is 1.47. The molecule has 0 saturated carbocycles. The van der Waals surface area contributed by atoms with Gasteiger partial charge in [0.05, 0.1) is 6.20 Å². The summed E-state index contributed by atoms with van der Waals surface area (Å²) in [6.07, 6.45) is 8.96. The first kappa shape index (κ1) is 6.88. The van der Waals surface area contributed by atoms with Crippen molar-refractivity contribution in [3.05, 3.63) is 18.0 Å². The third-order valence-electron chi connectivity index (χ3n) is 1.47. The van der Waals surface area contributed by atoms with Gasteiger partial charge in [-0.15, -0.1) is 6.42 Å². The van der Waals surface area contributed by atoms with E-state index in [-0.39, 0.29) is 5.92 Å². The van der Waals surface area contributed by atoms with Crippen LogP contribution in [0.4, 0.5) is 0 Å². The molecule has 1 unspecified atom stereocenters. The Bertz CT molecular complexity index is 254. The molecule has 0 spiro atoms. The van der Waals surface area contributed by atoms with E-state index >= 15 is 0 Å². The summed E-state index contributed by atoms with van der Waals surface area (Å²) in [5, 5.41) is 4.01. The Kier molecular flexibility index (Phi) is 1.77. The van der Waals surface area contributed by atoms with Crippen molar-refractivity contribution in [2.75, 3.05) is 0 Å². The van der Waals surface area contributed by atoms with Crippen LogP contribution >= 0.6 is 0 Å². The van der Waals surface area contributed by atoms with Crippen LogP contribution in [0.25, 0.3) is 0 Å². The first-order valence-electron chi connectivity index (χ1n) is 3.18. The van der Waals surface area contributed by atoms with Gasteiger partial charge in [0.2, 0.25) is 0 Å². The number of rotatable bonds is 1. The molecule has 2 heteroatoms. The van der Waals surface area contributed by atoms with Crippen LogP contribution in [0, 0.1) is 12.3 Å². The minimum atomic E-state index is 0.175. The lowest BCUT2D eigenvalue weighted by molar-refractivity contribution is 0.766. The van der Waals surface area contributed by atoms with Crippen molar-refractivity contribution in [1.29, 1.82) is 0 Å². The van der Waals surface area contributed by atoms with Crippen molar-refractivity contribution in [2.45, 2.75) is 12.8 Å². The fraction of sp³-hybridized carbons (Fsp3) is 0.375. The average molecular weight is 134 g/mol. The van der Waals surface area contributed by atoms with Crippen molar-refractivity contribution in [3.8, 4) is 12.3 Å². The monoisotopic (exact) mass is 134 g/mol. The van der Waals surface area contributed by atoms with Gasteiger partial charge in [-0.3, -0.25) is 4.68 Å². The molecule has 52 valence electrons. The summed E-state index contributed by atoms with van der Waals surface area (Å²) >= 11 is 0. The second-order valence-corrected chi connectivity index (χ2v) is 2.34. The van der Waals surface area contributed by atoms with Gasteiger partial charge in [-0.25, -0.2) is 0 Å². The van der Waals surface area contributed by atoms with Gasteiger partial charge in [-0.2, -0.15) is 5.10 Å². The van der Waals surface area contributed by atoms with E-state index in [1.54, 1.807) is 10.9 Å². The Morgan fingerprint density at radius 2 is 2.50 bits per heavy atom. The van der Waals surface area contributed by atoms with Crippen LogP contribution in [0.1, 0.15) is 18.4 Å². The maximum absolute atomic E-state index is 5.23. The highest BCUT2D eigenvalue weighted by Crippen LogP contribution is 2.10. The molecule has 1 atom stereocenters. The molecule has 0 aliphatic rings. The van der Waals surface area contributed by atoms with E-state index in [9.17, 15) is 0 Å². The number of nitrogens with zero attached hydrogens (tertiary/aromatic N) is 2. The Labute approximate surface area is 60.9 Å². The van der Waals surface area contributed by atoms with Crippen LogP contribution in [0.2, 0.25) is 0 Å². The molecule has 1 heterocycles. The highest BCUT2D eigenvalue weighted by atomic mass is 15.2. The zero-order valence-corrected chi connectivity index (χ0v) is 6.20. The molecule has 0 aromatic carbocycles. The van der Waals surface area contributed by atoms with Crippen LogP contribution in [-0.4, -0.2) is 9.78 Å². The Morgan fingerprint density at radius 1 is 1.80 bits per heavy atom. The predicted molar refractivity (Wildman–Crippen MR) is 40.5 cm³/mol. The van der Waals surface area contributed by atoms with E-state index in [0.717, 1.165) is 5.56 Å².